The highest BCUT2D eigenvalue weighted by atomic mass is 32.1. The smallest absolute Gasteiger partial charge is 0.0215 e. The van der Waals surface area contributed by atoms with Gasteiger partial charge in [-0.1, -0.05) is 69.9 Å². The number of hydrogen-bond acceptors (Lipinski definition) is 1. The van der Waals surface area contributed by atoms with Crippen LogP contribution >= 0.6 is 12.6 Å². The summed E-state index contributed by atoms with van der Waals surface area (Å²) in [6, 6.07) is 15.8. The molecule has 22 heavy (non-hydrogen) atoms. The minimum Gasteiger partial charge on any atom is -0.143 e. The standard InChI is InChI=1S/C21H26S/c1-3-5-13-21(14-6-4-2)19-10-8-7-9-17(19)18-12-11-16(22)15-20(18)21/h7-12,15,22H,3-6,13-14H2,1-2H3. The molecule has 0 radical (unpaired) electrons. The van der Waals surface area contributed by atoms with Gasteiger partial charge in [-0.3, -0.25) is 0 Å². The van der Waals surface area contributed by atoms with Gasteiger partial charge in [0, 0.05) is 10.3 Å². The van der Waals surface area contributed by atoms with E-state index in [0.717, 1.165) is 4.90 Å². The van der Waals surface area contributed by atoms with Crippen molar-refractivity contribution < 1.29 is 0 Å². The third-order valence-corrected chi connectivity index (χ3v) is 5.44. The molecule has 0 nitrogen and oxygen atoms in total. The zero-order valence-electron chi connectivity index (χ0n) is 13.7. The van der Waals surface area contributed by atoms with Gasteiger partial charge in [0.05, 0.1) is 0 Å². The molecule has 0 N–H and O–H groups in total. The molecule has 0 atom stereocenters. The van der Waals surface area contributed by atoms with Gasteiger partial charge in [-0.2, -0.15) is 0 Å². The van der Waals surface area contributed by atoms with Crippen molar-refractivity contribution in [3.63, 3.8) is 0 Å². The van der Waals surface area contributed by atoms with E-state index in [9.17, 15) is 0 Å². The van der Waals surface area contributed by atoms with E-state index >= 15 is 0 Å². The minimum atomic E-state index is 0.205. The Hall–Kier alpha value is -1.21. The van der Waals surface area contributed by atoms with Crippen LogP contribution in [-0.4, -0.2) is 0 Å². The van der Waals surface area contributed by atoms with Crippen molar-refractivity contribution >= 4 is 12.6 Å². The average molecular weight is 311 g/mol. The number of rotatable bonds is 6. The zero-order chi connectivity index (χ0) is 15.6. The lowest BCUT2D eigenvalue weighted by atomic mass is 9.71. The maximum Gasteiger partial charge on any atom is 0.0215 e. The van der Waals surface area contributed by atoms with Crippen molar-refractivity contribution in [3.05, 3.63) is 53.6 Å². The molecule has 2 aromatic carbocycles. The van der Waals surface area contributed by atoms with E-state index in [0.29, 0.717) is 0 Å². The first-order valence-corrected chi connectivity index (χ1v) is 9.11. The van der Waals surface area contributed by atoms with Gasteiger partial charge in [0.25, 0.3) is 0 Å². The second-order valence-corrected chi connectivity index (χ2v) is 7.08. The zero-order valence-corrected chi connectivity index (χ0v) is 14.6. The van der Waals surface area contributed by atoms with Gasteiger partial charge in [0.15, 0.2) is 0 Å². The Balaban J connectivity index is 2.20. The summed E-state index contributed by atoms with van der Waals surface area (Å²) in [6.45, 7) is 4.59. The van der Waals surface area contributed by atoms with Crippen molar-refractivity contribution in [2.45, 2.75) is 62.7 Å². The van der Waals surface area contributed by atoms with Gasteiger partial charge in [-0.05, 0) is 47.2 Å². The third-order valence-electron chi connectivity index (χ3n) is 5.17. The Bertz CT molecular complexity index is 649. The number of benzene rings is 2. The molecule has 0 saturated carbocycles. The van der Waals surface area contributed by atoms with E-state index in [2.05, 4.69) is 68.9 Å². The number of fused-ring (bicyclic) bond motifs is 3. The summed E-state index contributed by atoms with van der Waals surface area (Å²) in [4.78, 5) is 1.09. The SMILES string of the molecule is CCCCC1(CCCC)c2ccccc2-c2ccc(S)cc21. The highest BCUT2D eigenvalue weighted by Crippen LogP contribution is 2.54. The van der Waals surface area contributed by atoms with Crippen LogP contribution in [0.4, 0.5) is 0 Å². The molecule has 0 amide bonds. The Morgan fingerprint density at radius 3 is 2.14 bits per heavy atom. The molecule has 0 aliphatic heterocycles. The number of hydrogen-bond donors (Lipinski definition) is 1. The van der Waals surface area contributed by atoms with Gasteiger partial charge < -0.3 is 0 Å². The summed E-state index contributed by atoms with van der Waals surface area (Å²) in [5.74, 6) is 0. The minimum absolute atomic E-state index is 0.205. The molecule has 0 saturated heterocycles. The van der Waals surface area contributed by atoms with Gasteiger partial charge >= 0.3 is 0 Å². The van der Waals surface area contributed by atoms with Crippen molar-refractivity contribution in [2.24, 2.45) is 0 Å². The summed E-state index contributed by atoms with van der Waals surface area (Å²) in [5.41, 5.74) is 6.14. The third kappa shape index (κ3) is 2.50. The Kier molecular flexibility index (Phi) is 4.63. The fourth-order valence-corrected chi connectivity index (χ4v) is 4.27. The first kappa shape index (κ1) is 15.7. The van der Waals surface area contributed by atoms with Crippen LogP contribution in [0.25, 0.3) is 11.1 Å². The Morgan fingerprint density at radius 1 is 0.818 bits per heavy atom. The molecule has 0 fully saturated rings. The van der Waals surface area contributed by atoms with E-state index in [-0.39, 0.29) is 5.41 Å². The van der Waals surface area contributed by atoms with Gasteiger partial charge in [0.1, 0.15) is 0 Å². The molecular weight excluding hydrogens is 284 g/mol. The van der Waals surface area contributed by atoms with Crippen molar-refractivity contribution in [1.82, 2.24) is 0 Å². The fourth-order valence-electron chi connectivity index (χ4n) is 4.06. The number of thiol groups is 1. The average Bonchev–Trinajstić information content (AvgIpc) is 2.81. The second kappa shape index (κ2) is 6.50. The van der Waals surface area contributed by atoms with Crippen LogP contribution in [0.1, 0.15) is 63.5 Å². The predicted molar refractivity (Wildman–Crippen MR) is 99.0 cm³/mol. The molecule has 2 aromatic rings. The van der Waals surface area contributed by atoms with Crippen LogP contribution in [0.3, 0.4) is 0 Å². The molecule has 1 aliphatic rings. The quantitative estimate of drug-likeness (QED) is 0.569. The first-order chi connectivity index (χ1) is 10.7. The molecule has 0 unspecified atom stereocenters. The molecule has 116 valence electrons. The van der Waals surface area contributed by atoms with Crippen molar-refractivity contribution in [1.29, 1.82) is 0 Å². The normalized spacial score (nSPS) is 14.7. The molecule has 0 heterocycles. The van der Waals surface area contributed by atoms with E-state index in [1.807, 2.05) is 0 Å². The van der Waals surface area contributed by atoms with Crippen LogP contribution in [0.2, 0.25) is 0 Å². The monoisotopic (exact) mass is 310 g/mol. The lowest BCUT2D eigenvalue weighted by molar-refractivity contribution is 0.414. The van der Waals surface area contributed by atoms with Gasteiger partial charge in [0.2, 0.25) is 0 Å². The lowest BCUT2D eigenvalue weighted by Gasteiger charge is -2.32. The summed E-state index contributed by atoms with van der Waals surface area (Å²) in [5, 5.41) is 0. The van der Waals surface area contributed by atoms with Crippen LogP contribution in [0, 0.1) is 0 Å². The van der Waals surface area contributed by atoms with Crippen molar-refractivity contribution in [3.8, 4) is 11.1 Å². The molecule has 1 aliphatic carbocycles. The van der Waals surface area contributed by atoms with Crippen LogP contribution in [0.5, 0.6) is 0 Å². The predicted octanol–water partition coefficient (Wildman–Crippen LogP) is 6.62. The van der Waals surface area contributed by atoms with Crippen LogP contribution < -0.4 is 0 Å². The molecule has 0 spiro atoms. The number of unbranched alkanes of at least 4 members (excludes halogenated alkanes) is 2. The molecule has 1 heteroatoms. The Labute approximate surface area is 140 Å². The van der Waals surface area contributed by atoms with E-state index in [4.69, 9.17) is 0 Å². The topological polar surface area (TPSA) is 0 Å². The summed E-state index contributed by atoms with van der Waals surface area (Å²) < 4.78 is 0. The van der Waals surface area contributed by atoms with E-state index < -0.39 is 0 Å². The summed E-state index contributed by atoms with van der Waals surface area (Å²) in [6.07, 6.45) is 7.59. The molecule has 0 aromatic heterocycles. The maximum atomic E-state index is 4.62. The Morgan fingerprint density at radius 2 is 1.45 bits per heavy atom. The van der Waals surface area contributed by atoms with Crippen LogP contribution in [0.15, 0.2) is 47.4 Å². The largest absolute Gasteiger partial charge is 0.143 e. The van der Waals surface area contributed by atoms with Gasteiger partial charge in [-0.15, -0.1) is 12.6 Å². The van der Waals surface area contributed by atoms with Crippen LogP contribution in [-0.2, 0) is 5.41 Å². The summed E-state index contributed by atoms with van der Waals surface area (Å²) in [7, 11) is 0. The molecular formula is C21H26S. The molecule has 3 rings (SSSR count). The lowest BCUT2D eigenvalue weighted by Crippen LogP contribution is -2.25. The fraction of sp³-hybridized carbons (Fsp3) is 0.429. The van der Waals surface area contributed by atoms with Crippen molar-refractivity contribution in [2.75, 3.05) is 0 Å². The highest BCUT2D eigenvalue weighted by molar-refractivity contribution is 7.80. The van der Waals surface area contributed by atoms with E-state index in [1.54, 1.807) is 5.56 Å². The summed E-state index contributed by atoms with van der Waals surface area (Å²) >= 11 is 4.62. The molecule has 0 bridgehead atoms. The maximum absolute atomic E-state index is 4.62. The first-order valence-electron chi connectivity index (χ1n) is 8.66. The van der Waals surface area contributed by atoms with Gasteiger partial charge in [-0.25, -0.2) is 0 Å². The second-order valence-electron chi connectivity index (χ2n) is 6.56. The highest BCUT2D eigenvalue weighted by Gasteiger charge is 2.41. The van der Waals surface area contributed by atoms with E-state index in [1.165, 1.54) is 55.2 Å².